The van der Waals surface area contributed by atoms with Gasteiger partial charge in [0.25, 0.3) is 10.0 Å². The van der Waals surface area contributed by atoms with Gasteiger partial charge in [0, 0.05) is 12.6 Å². The Balaban J connectivity index is 1.45. The van der Waals surface area contributed by atoms with Crippen molar-refractivity contribution in [2.75, 3.05) is 18.0 Å². The molecule has 10 heteroatoms. The van der Waals surface area contributed by atoms with Crippen molar-refractivity contribution in [1.29, 1.82) is 0 Å². The van der Waals surface area contributed by atoms with Crippen LogP contribution < -0.4 is 19.1 Å². The number of rotatable bonds is 13. The predicted molar refractivity (Wildman–Crippen MR) is 177 cm³/mol. The smallest absolute Gasteiger partial charge is 0.264 e. The molecule has 0 unspecified atom stereocenters. The summed E-state index contributed by atoms with van der Waals surface area (Å²) in [5.41, 5.74) is 1.06. The number of nitrogens with one attached hydrogen (secondary N) is 1. The number of amides is 2. The molecule has 4 aromatic rings. The Hall–Kier alpha value is -4.83. The van der Waals surface area contributed by atoms with Crippen LogP contribution in [0.15, 0.2) is 114 Å². The van der Waals surface area contributed by atoms with Gasteiger partial charge in [0.05, 0.1) is 17.7 Å². The summed E-state index contributed by atoms with van der Waals surface area (Å²) in [7, 11) is -2.60. The summed E-state index contributed by atoms with van der Waals surface area (Å²) < 4.78 is 40.4. The van der Waals surface area contributed by atoms with Crippen molar-refractivity contribution in [3.8, 4) is 17.2 Å². The second-order valence-electron chi connectivity index (χ2n) is 11.3. The molecule has 1 saturated carbocycles. The van der Waals surface area contributed by atoms with Gasteiger partial charge in [-0.3, -0.25) is 13.9 Å². The quantitative estimate of drug-likeness (QED) is 0.188. The first-order valence-electron chi connectivity index (χ1n) is 15.4. The number of hydrogen-bond donors (Lipinski definition) is 1. The fourth-order valence-electron chi connectivity index (χ4n) is 5.46. The van der Waals surface area contributed by atoms with Crippen LogP contribution >= 0.6 is 0 Å². The Bertz CT molecular complexity index is 1690. The van der Waals surface area contributed by atoms with E-state index < -0.39 is 28.5 Å². The monoisotopic (exact) mass is 641 g/mol. The first-order valence-corrected chi connectivity index (χ1v) is 16.8. The fourth-order valence-corrected chi connectivity index (χ4v) is 6.89. The lowest BCUT2D eigenvalue weighted by atomic mass is 10.1. The second-order valence-corrected chi connectivity index (χ2v) is 13.1. The third-order valence-corrected chi connectivity index (χ3v) is 9.88. The number of methoxy groups -OCH3 is 1. The van der Waals surface area contributed by atoms with Crippen molar-refractivity contribution >= 4 is 27.5 Å². The molecule has 0 radical (unpaired) electrons. The van der Waals surface area contributed by atoms with Crippen molar-refractivity contribution in [2.45, 2.75) is 56.1 Å². The number of carbonyl (C=O) groups is 2. The van der Waals surface area contributed by atoms with Gasteiger partial charge >= 0.3 is 0 Å². The predicted octanol–water partition coefficient (Wildman–Crippen LogP) is 6.16. The summed E-state index contributed by atoms with van der Waals surface area (Å²) in [5, 5.41) is 3.09. The molecule has 1 aliphatic carbocycles. The van der Waals surface area contributed by atoms with Crippen LogP contribution in [0.2, 0.25) is 0 Å². The van der Waals surface area contributed by atoms with E-state index in [1.807, 2.05) is 42.5 Å². The Morgan fingerprint density at radius 3 is 1.98 bits per heavy atom. The summed E-state index contributed by atoms with van der Waals surface area (Å²) in [6.45, 7) is 1.26. The third kappa shape index (κ3) is 8.06. The molecular formula is C36H39N3O6S. The number of carbonyl (C=O) groups excluding carboxylic acids is 2. The molecule has 46 heavy (non-hydrogen) atoms. The summed E-state index contributed by atoms with van der Waals surface area (Å²) in [5.74, 6) is 1.02. The summed E-state index contributed by atoms with van der Waals surface area (Å²) in [6.07, 6.45) is 3.90. The number of hydrogen-bond acceptors (Lipinski definition) is 6. The van der Waals surface area contributed by atoms with Gasteiger partial charge in [0.15, 0.2) is 0 Å². The van der Waals surface area contributed by atoms with E-state index in [0.717, 1.165) is 35.6 Å². The van der Waals surface area contributed by atoms with Gasteiger partial charge in [-0.15, -0.1) is 0 Å². The SMILES string of the molecule is COc1ccc(CN(C(=O)CN(c2ccc(Oc3ccccc3)cc2)S(=O)(=O)c2ccccc2)[C@H](C)C(=O)NC2CCCC2)cc1. The maximum atomic E-state index is 14.2. The van der Waals surface area contributed by atoms with Gasteiger partial charge in [0.1, 0.15) is 29.8 Å². The van der Waals surface area contributed by atoms with Gasteiger partial charge in [0.2, 0.25) is 11.8 Å². The Morgan fingerprint density at radius 1 is 0.804 bits per heavy atom. The minimum Gasteiger partial charge on any atom is -0.497 e. The third-order valence-electron chi connectivity index (χ3n) is 8.09. The number of ether oxygens (including phenoxy) is 2. The summed E-state index contributed by atoms with van der Waals surface area (Å²) >= 11 is 0. The van der Waals surface area contributed by atoms with E-state index in [0.29, 0.717) is 17.2 Å². The molecule has 0 saturated heterocycles. The van der Waals surface area contributed by atoms with Crippen LogP contribution in [-0.4, -0.2) is 50.9 Å². The highest BCUT2D eigenvalue weighted by atomic mass is 32.2. The van der Waals surface area contributed by atoms with E-state index >= 15 is 0 Å². The first-order chi connectivity index (χ1) is 22.2. The van der Waals surface area contributed by atoms with Crippen LogP contribution in [0, 0.1) is 0 Å². The van der Waals surface area contributed by atoms with Gasteiger partial charge in [-0.05, 0) is 86.0 Å². The largest absolute Gasteiger partial charge is 0.497 e. The Kier molecular flexibility index (Phi) is 10.6. The molecule has 0 aromatic heterocycles. The molecule has 0 bridgehead atoms. The maximum absolute atomic E-state index is 14.2. The average molecular weight is 642 g/mol. The number of sulfonamides is 1. The summed E-state index contributed by atoms with van der Waals surface area (Å²) in [4.78, 5) is 29.1. The van der Waals surface area contributed by atoms with E-state index in [2.05, 4.69) is 5.32 Å². The fraction of sp³-hybridized carbons (Fsp3) is 0.278. The normalized spacial score (nSPS) is 13.9. The van der Waals surface area contributed by atoms with E-state index in [-0.39, 0.29) is 29.1 Å². The molecule has 1 atom stereocenters. The molecular weight excluding hydrogens is 602 g/mol. The molecule has 1 fully saturated rings. The van der Waals surface area contributed by atoms with Gasteiger partial charge in [-0.1, -0.05) is 61.4 Å². The van der Waals surface area contributed by atoms with E-state index in [1.54, 1.807) is 68.6 Å². The van der Waals surface area contributed by atoms with Gasteiger partial charge < -0.3 is 19.7 Å². The summed E-state index contributed by atoms with van der Waals surface area (Å²) in [6, 6.07) is 30.2. The first kappa shape index (κ1) is 32.6. The highest BCUT2D eigenvalue weighted by molar-refractivity contribution is 7.92. The second kappa shape index (κ2) is 15.0. The van der Waals surface area contributed by atoms with Gasteiger partial charge in [-0.2, -0.15) is 0 Å². The zero-order chi connectivity index (χ0) is 32.5. The Morgan fingerprint density at radius 2 is 1.37 bits per heavy atom. The van der Waals surface area contributed by atoms with Crippen molar-refractivity contribution in [1.82, 2.24) is 10.2 Å². The number of nitrogens with zero attached hydrogens (tertiary/aromatic N) is 2. The minimum atomic E-state index is -4.17. The van der Waals surface area contributed by atoms with Gasteiger partial charge in [-0.25, -0.2) is 8.42 Å². The lowest BCUT2D eigenvalue weighted by molar-refractivity contribution is -0.139. The highest BCUT2D eigenvalue weighted by Gasteiger charge is 2.33. The number of benzene rings is 4. The van der Waals surface area contributed by atoms with E-state index in [1.165, 1.54) is 17.0 Å². The van der Waals surface area contributed by atoms with E-state index in [9.17, 15) is 18.0 Å². The van der Waals surface area contributed by atoms with Crippen molar-refractivity contribution < 1.29 is 27.5 Å². The van der Waals surface area contributed by atoms with Crippen molar-refractivity contribution in [3.63, 3.8) is 0 Å². The molecule has 0 spiro atoms. The average Bonchev–Trinajstić information content (AvgIpc) is 3.60. The Labute approximate surface area is 270 Å². The highest BCUT2D eigenvalue weighted by Crippen LogP contribution is 2.29. The topological polar surface area (TPSA) is 105 Å². The molecule has 0 heterocycles. The number of para-hydroxylation sites is 1. The zero-order valence-corrected chi connectivity index (χ0v) is 26.9. The molecule has 1 N–H and O–H groups in total. The lowest BCUT2D eigenvalue weighted by Gasteiger charge is -2.32. The van der Waals surface area contributed by atoms with E-state index in [4.69, 9.17) is 9.47 Å². The maximum Gasteiger partial charge on any atom is 0.264 e. The molecule has 4 aromatic carbocycles. The van der Waals surface area contributed by atoms with Crippen LogP contribution in [0.5, 0.6) is 17.2 Å². The molecule has 240 valence electrons. The van der Waals surface area contributed by atoms with Crippen LogP contribution in [-0.2, 0) is 26.2 Å². The van der Waals surface area contributed by atoms with Crippen molar-refractivity contribution in [2.24, 2.45) is 0 Å². The molecule has 9 nitrogen and oxygen atoms in total. The lowest BCUT2D eigenvalue weighted by Crippen LogP contribution is -2.52. The molecule has 5 rings (SSSR count). The molecule has 2 amide bonds. The van der Waals surface area contributed by atoms with Crippen molar-refractivity contribution in [3.05, 3.63) is 115 Å². The van der Waals surface area contributed by atoms with Crippen LogP contribution in [0.1, 0.15) is 38.2 Å². The van der Waals surface area contributed by atoms with Crippen LogP contribution in [0.3, 0.4) is 0 Å². The molecule has 0 aliphatic heterocycles. The zero-order valence-electron chi connectivity index (χ0n) is 26.0. The van der Waals surface area contributed by atoms with Crippen LogP contribution in [0.25, 0.3) is 0 Å². The van der Waals surface area contributed by atoms with Crippen LogP contribution in [0.4, 0.5) is 5.69 Å². The molecule has 1 aliphatic rings. The minimum absolute atomic E-state index is 0.0427. The standard InChI is InChI=1S/C36H39N3O6S/c1-27(36(41)37-29-11-9-10-12-29)38(25-28-17-21-31(44-2)22-18-28)35(40)26-39(46(42,43)34-15-7-4-8-16-34)30-19-23-33(24-20-30)45-32-13-5-3-6-14-32/h3-8,13-24,27,29H,9-12,25-26H2,1-2H3,(H,37,41)/t27-/m1/s1. The number of anilines is 1.